The fourth-order valence-corrected chi connectivity index (χ4v) is 20.0. The van der Waals surface area contributed by atoms with Crippen molar-refractivity contribution in [2.45, 2.75) is 78.6 Å². The number of para-hydroxylation sites is 8. The second-order valence-electron chi connectivity index (χ2n) is 36.2. The number of furan rings is 2. The molecule has 0 fully saturated rings. The lowest BCUT2D eigenvalue weighted by molar-refractivity contribution is 0.590. The van der Waals surface area contributed by atoms with E-state index in [4.69, 9.17) is 8.83 Å². The molecule has 23 rings (SSSR count). The molecule has 578 valence electrons. The van der Waals surface area contributed by atoms with Crippen LogP contribution in [0, 0.1) is 0 Å². The van der Waals surface area contributed by atoms with Gasteiger partial charge >= 0.3 is 0 Å². The number of hydrogen-bond donors (Lipinski definition) is 0. The number of fused-ring (bicyclic) bond motifs is 16. The summed E-state index contributed by atoms with van der Waals surface area (Å²) in [6.07, 6.45) is 0. The summed E-state index contributed by atoms with van der Waals surface area (Å²) in [7, 11) is 0. The van der Waals surface area contributed by atoms with E-state index < -0.39 is 0 Å². The molecule has 17 aromatic carbocycles. The van der Waals surface area contributed by atoms with Crippen molar-refractivity contribution < 1.29 is 8.83 Å². The van der Waals surface area contributed by atoms with Gasteiger partial charge in [-0.05, 0) is 168 Å². The molecule has 4 aromatic heterocycles. The molecule has 0 amide bonds. The Balaban J connectivity index is 0.856. The van der Waals surface area contributed by atoms with Crippen molar-refractivity contribution in [2.24, 2.45) is 0 Å². The van der Waals surface area contributed by atoms with Gasteiger partial charge in [0, 0.05) is 99.2 Å². The monoisotopic (exact) mass is 1550 g/mol. The van der Waals surface area contributed by atoms with E-state index in [1.807, 2.05) is 0 Å². The summed E-state index contributed by atoms with van der Waals surface area (Å²) < 4.78 is 20.1. The Hall–Kier alpha value is -14.4. The van der Waals surface area contributed by atoms with Gasteiger partial charge in [-0.1, -0.05) is 341 Å². The molecule has 0 saturated heterocycles. The summed E-state index contributed by atoms with van der Waals surface area (Å²) >= 11 is 0. The summed E-state index contributed by atoms with van der Waals surface area (Å²) in [6.45, 7) is 20.9. The predicted molar refractivity (Wildman–Crippen MR) is 512 cm³/mol. The molecule has 0 unspecified atom stereocenters. The standard InChI is InChI=1S/C114H87BN4O2/c1-112(2,3)76-64-89(70-34-14-10-15-35-70)106(90(65-76)71-36-16-11-17-37-71)118-99-60-58-74(79-46-30-48-85-87-50-32-56-101(110(87)120-108(79)85)116-95-52-26-22-42-81(95)82-43-23-27-53-96(82)116)62-93(99)115-94-63-75(80-47-31-49-86-88-51-33-57-102(111(88)121-109(80)86)117-97-54-28-24-44-83(97)84-45-25-29-55-98(84)117)59-61-100(94)119(104-69-78(114(7,8)9)68-103(118)105(104)115)107-91(72-38-18-12-19-39-72)66-77(113(4,5)6)67-92(107)73-40-20-13-21-41-73/h10-69H,1-9H3. The third-order valence-electron chi connectivity index (χ3n) is 25.9. The highest BCUT2D eigenvalue weighted by Gasteiger charge is 2.47. The van der Waals surface area contributed by atoms with Gasteiger partial charge in [-0.3, -0.25) is 0 Å². The first-order valence-corrected chi connectivity index (χ1v) is 42.5. The van der Waals surface area contributed by atoms with Crippen LogP contribution in [0.3, 0.4) is 0 Å². The molecule has 6 heterocycles. The third kappa shape index (κ3) is 11.2. The summed E-state index contributed by atoms with van der Waals surface area (Å²) in [6, 6.07) is 136. The largest absolute Gasteiger partial charge is 0.453 e. The number of benzene rings is 17. The molecule has 2 aliphatic heterocycles. The zero-order chi connectivity index (χ0) is 81.5. The van der Waals surface area contributed by atoms with E-state index in [9.17, 15) is 0 Å². The van der Waals surface area contributed by atoms with E-state index in [0.717, 1.165) is 189 Å². The van der Waals surface area contributed by atoms with E-state index in [2.05, 4.69) is 445 Å². The van der Waals surface area contributed by atoms with Crippen LogP contribution in [0.15, 0.2) is 373 Å². The van der Waals surface area contributed by atoms with Crippen LogP contribution in [-0.4, -0.2) is 15.8 Å². The van der Waals surface area contributed by atoms with Crippen molar-refractivity contribution in [3.8, 4) is 78.1 Å². The maximum absolute atomic E-state index is 7.66. The van der Waals surface area contributed by atoms with Crippen LogP contribution in [-0.2, 0) is 16.2 Å². The van der Waals surface area contributed by atoms with Gasteiger partial charge in [0.05, 0.1) is 44.8 Å². The topological polar surface area (TPSA) is 42.6 Å². The highest BCUT2D eigenvalue weighted by atomic mass is 16.3. The van der Waals surface area contributed by atoms with Gasteiger partial charge in [0.2, 0.25) is 0 Å². The Bertz CT molecular complexity index is 7160. The van der Waals surface area contributed by atoms with Crippen LogP contribution >= 0.6 is 0 Å². The van der Waals surface area contributed by atoms with Crippen molar-refractivity contribution >= 4 is 145 Å². The predicted octanol–water partition coefficient (Wildman–Crippen LogP) is 29.7. The van der Waals surface area contributed by atoms with Gasteiger partial charge < -0.3 is 27.8 Å². The zero-order valence-electron chi connectivity index (χ0n) is 69.3. The first-order valence-electron chi connectivity index (χ1n) is 42.5. The van der Waals surface area contributed by atoms with Gasteiger partial charge in [0.15, 0.2) is 11.2 Å². The fourth-order valence-electron chi connectivity index (χ4n) is 20.0. The van der Waals surface area contributed by atoms with Gasteiger partial charge in [-0.2, -0.15) is 0 Å². The fraction of sp³-hybridized carbons (Fsp3) is 0.105. The van der Waals surface area contributed by atoms with Crippen LogP contribution in [0.5, 0.6) is 0 Å². The molecule has 2 aliphatic rings. The Morgan fingerprint density at radius 1 is 0.215 bits per heavy atom. The molecule has 7 heteroatoms. The maximum atomic E-state index is 7.66. The molecular formula is C114H87BN4O2. The molecule has 21 aromatic rings. The lowest BCUT2D eigenvalue weighted by atomic mass is 9.33. The first-order chi connectivity index (χ1) is 59.0. The van der Waals surface area contributed by atoms with Crippen LogP contribution < -0.4 is 26.2 Å². The summed E-state index contributed by atoms with van der Waals surface area (Å²) in [5.74, 6) is 0. The third-order valence-corrected chi connectivity index (χ3v) is 25.9. The molecular weight excluding hydrogens is 1470 g/mol. The molecule has 6 nitrogen and oxygen atoms in total. The van der Waals surface area contributed by atoms with Crippen LogP contribution in [0.2, 0.25) is 0 Å². The lowest BCUT2D eigenvalue weighted by Gasteiger charge is -2.47. The molecule has 0 aliphatic carbocycles. The van der Waals surface area contributed by atoms with Crippen LogP contribution in [0.25, 0.3) is 166 Å². The lowest BCUT2D eigenvalue weighted by Crippen LogP contribution is -2.61. The van der Waals surface area contributed by atoms with E-state index in [-0.39, 0.29) is 23.0 Å². The second-order valence-corrected chi connectivity index (χ2v) is 36.2. The molecule has 0 atom stereocenters. The Morgan fingerprint density at radius 3 is 0.818 bits per heavy atom. The minimum absolute atomic E-state index is 0.225. The molecule has 0 bridgehead atoms. The minimum atomic E-state index is -0.381. The quantitative estimate of drug-likeness (QED) is 0.128. The van der Waals surface area contributed by atoms with E-state index >= 15 is 0 Å². The number of anilines is 6. The van der Waals surface area contributed by atoms with Gasteiger partial charge in [0.1, 0.15) is 11.2 Å². The number of nitrogens with zero attached hydrogens (tertiary/aromatic N) is 4. The maximum Gasteiger partial charge on any atom is 0.252 e. The second kappa shape index (κ2) is 27.1. The Morgan fingerprint density at radius 2 is 0.496 bits per heavy atom. The summed E-state index contributed by atoms with van der Waals surface area (Å²) in [5.41, 5.74) is 36.2. The van der Waals surface area contributed by atoms with Gasteiger partial charge in [-0.15, -0.1) is 0 Å². The average molecular weight is 1560 g/mol. The average Bonchev–Trinajstić information content (AvgIpc) is 1.25. The SMILES string of the molecule is CC(C)(C)c1cc(-c2ccccc2)c(N2c3ccc(-c4cccc5c4oc4c(-n6c7ccccc7c7ccccc76)cccc45)cc3B3c4cc(-c5cccc6c5oc5c(-n7c8ccccc8c8ccccc87)cccc56)ccc4N(c4c(-c5ccccc5)cc(C(C)(C)C)cc4-c4ccccc4)c4cc(C(C)(C)C)cc2c43)c(-c2ccccc2)c1. The molecule has 0 saturated carbocycles. The molecule has 121 heavy (non-hydrogen) atoms. The van der Waals surface area contributed by atoms with Crippen molar-refractivity contribution in [3.05, 3.63) is 381 Å². The highest BCUT2D eigenvalue weighted by molar-refractivity contribution is 7.00. The first kappa shape index (κ1) is 71.9. The smallest absolute Gasteiger partial charge is 0.252 e. The van der Waals surface area contributed by atoms with Crippen molar-refractivity contribution in [2.75, 3.05) is 9.80 Å². The van der Waals surface area contributed by atoms with Crippen molar-refractivity contribution in [1.29, 1.82) is 0 Å². The van der Waals surface area contributed by atoms with E-state index in [1.165, 1.54) is 43.7 Å². The van der Waals surface area contributed by atoms with Crippen molar-refractivity contribution in [3.63, 3.8) is 0 Å². The normalized spacial score (nSPS) is 13.0. The number of hydrogen-bond acceptors (Lipinski definition) is 4. The van der Waals surface area contributed by atoms with Crippen LogP contribution in [0.1, 0.15) is 79.0 Å². The summed E-state index contributed by atoms with van der Waals surface area (Å²) in [4.78, 5) is 5.41. The summed E-state index contributed by atoms with van der Waals surface area (Å²) in [5, 5.41) is 9.05. The molecule has 0 N–H and O–H groups in total. The van der Waals surface area contributed by atoms with E-state index in [1.54, 1.807) is 0 Å². The van der Waals surface area contributed by atoms with Crippen LogP contribution in [0.4, 0.5) is 34.1 Å². The minimum Gasteiger partial charge on any atom is -0.453 e. The molecule has 0 radical (unpaired) electrons. The van der Waals surface area contributed by atoms with Gasteiger partial charge in [-0.25, -0.2) is 0 Å². The Labute approximate surface area is 705 Å². The highest BCUT2D eigenvalue weighted by Crippen LogP contribution is 2.57. The zero-order valence-corrected chi connectivity index (χ0v) is 69.3. The van der Waals surface area contributed by atoms with Crippen molar-refractivity contribution in [1.82, 2.24) is 9.13 Å². The Kier molecular flexibility index (Phi) is 16.1. The molecule has 0 spiro atoms. The van der Waals surface area contributed by atoms with E-state index in [0.29, 0.717) is 0 Å². The van der Waals surface area contributed by atoms with Gasteiger partial charge in [0.25, 0.3) is 6.71 Å². The number of aromatic nitrogens is 2. The number of rotatable bonds is 10.